The molecule has 0 unspecified atom stereocenters. The van der Waals surface area contributed by atoms with Crippen LogP contribution in [0.2, 0.25) is 0 Å². The van der Waals surface area contributed by atoms with Gasteiger partial charge in [-0.05, 0) is 56.0 Å². The van der Waals surface area contributed by atoms with E-state index in [0.717, 1.165) is 47.4 Å². The van der Waals surface area contributed by atoms with Gasteiger partial charge >= 0.3 is 0 Å². The third kappa shape index (κ3) is 4.77. The first kappa shape index (κ1) is 21.5. The van der Waals surface area contributed by atoms with Crippen LogP contribution >= 0.6 is 11.3 Å². The summed E-state index contributed by atoms with van der Waals surface area (Å²) in [6, 6.07) is 8.68. The minimum Gasteiger partial charge on any atom is -0.302 e. The molecule has 0 spiro atoms. The predicted molar refractivity (Wildman–Crippen MR) is 123 cm³/mol. The Labute approximate surface area is 186 Å². The maximum atomic E-state index is 12.7. The Hall–Kier alpha value is -2.78. The molecular weight excluding hydrogens is 432 g/mol. The number of sulfonamides is 1. The van der Waals surface area contributed by atoms with Crippen LogP contribution in [0.25, 0.3) is 10.4 Å². The first-order chi connectivity index (χ1) is 14.8. The van der Waals surface area contributed by atoms with Gasteiger partial charge in [-0.3, -0.25) is 14.5 Å². The van der Waals surface area contributed by atoms with Crippen molar-refractivity contribution in [2.24, 2.45) is 5.92 Å². The van der Waals surface area contributed by atoms with E-state index in [4.69, 9.17) is 0 Å². The van der Waals surface area contributed by atoms with Crippen LogP contribution < -0.4 is 10.0 Å². The number of aryl methyl sites for hydroxylation is 2. The van der Waals surface area contributed by atoms with Crippen molar-refractivity contribution in [1.29, 1.82) is 0 Å². The van der Waals surface area contributed by atoms with E-state index in [1.165, 1.54) is 29.8 Å². The number of benzene rings is 1. The largest absolute Gasteiger partial charge is 0.302 e. The molecule has 0 bridgehead atoms. The first-order valence-corrected chi connectivity index (χ1v) is 12.5. The average Bonchev–Trinajstić information content (AvgIpc) is 3.40. The summed E-state index contributed by atoms with van der Waals surface area (Å²) >= 11 is 1.40. The van der Waals surface area contributed by atoms with Crippen molar-refractivity contribution in [3.8, 4) is 10.4 Å². The van der Waals surface area contributed by atoms with Crippen LogP contribution in [-0.4, -0.2) is 24.3 Å². The maximum Gasteiger partial charge on any atom is 0.263 e. The fraction of sp³-hybridized carbons (Fsp3) is 0.318. The van der Waals surface area contributed by atoms with Crippen molar-refractivity contribution >= 4 is 38.1 Å². The van der Waals surface area contributed by atoms with Crippen molar-refractivity contribution in [1.82, 2.24) is 9.97 Å². The molecule has 1 amide bonds. The Balaban J connectivity index is 1.58. The summed E-state index contributed by atoms with van der Waals surface area (Å²) in [5.41, 5.74) is 2.92. The fourth-order valence-electron chi connectivity index (χ4n) is 3.70. The van der Waals surface area contributed by atoms with Crippen LogP contribution in [0, 0.1) is 19.8 Å². The lowest BCUT2D eigenvalue weighted by atomic mass is 10.1. The summed E-state index contributed by atoms with van der Waals surface area (Å²) in [6.45, 7) is 3.73. The second kappa shape index (κ2) is 8.76. The maximum absolute atomic E-state index is 12.7. The highest BCUT2D eigenvalue weighted by Crippen LogP contribution is 2.36. The van der Waals surface area contributed by atoms with E-state index < -0.39 is 10.0 Å². The van der Waals surface area contributed by atoms with Crippen LogP contribution in [0.15, 0.2) is 47.6 Å². The molecule has 1 aliphatic carbocycles. The zero-order valence-corrected chi connectivity index (χ0v) is 19.0. The van der Waals surface area contributed by atoms with Gasteiger partial charge in [0, 0.05) is 18.3 Å². The summed E-state index contributed by atoms with van der Waals surface area (Å²) in [4.78, 5) is 21.8. The second-order valence-electron chi connectivity index (χ2n) is 7.73. The average molecular weight is 457 g/mol. The summed E-state index contributed by atoms with van der Waals surface area (Å²) in [5.74, 6) is 0.104. The first-order valence-electron chi connectivity index (χ1n) is 10.2. The number of anilines is 2. The van der Waals surface area contributed by atoms with Crippen molar-refractivity contribution in [3.05, 3.63) is 54.0 Å². The van der Waals surface area contributed by atoms with Gasteiger partial charge in [0.2, 0.25) is 5.91 Å². The van der Waals surface area contributed by atoms with Gasteiger partial charge < -0.3 is 5.32 Å². The number of nitrogens with one attached hydrogen (secondary N) is 2. The number of pyridine rings is 1. The number of carbonyl (C=O) groups is 1. The highest BCUT2D eigenvalue weighted by Gasteiger charge is 2.24. The molecule has 1 aromatic carbocycles. The van der Waals surface area contributed by atoms with Crippen LogP contribution in [-0.2, 0) is 14.8 Å². The molecule has 4 rings (SSSR count). The van der Waals surface area contributed by atoms with E-state index in [9.17, 15) is 13.2 Å². The summed E-state index contributed by atoms with van der Waals surface area (Å²) in [6.07, 6.45) is 6.90. The van der Waals surface area contributed by atoms with Crippen LogP contribution in [0.5, 0.6) is 0 Å². The van der Waals surface area contributed by atoms with Gasteiger partial charge in [0.05, 0.1) is 16.3 Å². The van der Waals surface area contributed by atoms with Gasteiger partial charge in [-0.1, -0.05) is 36.3 Å². The van der Waals surface area contributed by atoms with Gasteiger partial charge in [0.15, 0.2) is 5.13 Å². The lowest BCUT2D eigenvalue weighted by Crippen LogP contribution is -2.20. The molecule has 1 saturated carbocycles. The van der Waals surface area contributed by atoms with Gasteiger partial charge in [0.25, 0.3) is 10.0 Å². The second-order valence-corrected chi connectivity index (χ2v) is 10.4. The Bertz CT molecular complexity index is 1200. The molecule has 0 atom stereocenters. The van der Waals surface area contributed by atoms with Crippen LogP contribution in [0.1, 0.15) is 36.9 Å². The van der Waals surface area contributed by atoms with Gasteiger partial charge in [0.1, 0.15) is 4.90 Å². The fourth-order valence-corrected chi connectivity index (χ4v) is 5.75. The highest BCUT2D eigenvalue weighted by molar-refractivity contribution is 7.92. The summed E-state index contributed by atoms with van der Waals surface area (Å²) in [5, 5.41) is 3.52. The molecule has 2 aromatic heterocycles. The summed E-state index contributed by atoms with van der Waals surface area (Å²) in [7, 11) is -3.75. The SMILES string of the molecule is Cc1ccc(-c2sc(NC(=O)C3CCCC3)nc2C)cc1NS(=O)(=O)c1cccnc1. The molecule has 3 aromatic rings. The Morgan fingerprint density at radius 1 is 1.16 bits per heavy atom. The third-order valence-corrected chi connectivity index (χ3v) is 7.91. The van der Waals surface area contributed by atoms with E-state index >= 15 is 0 Å². The molecule has 2 heterocycles. The summed E-state index contributed by atoms with van der Waals surface area (Å²) < 4.78 is 28.1. The Morgan fingerprint density at radius 3 is 2.65 bits per heavy atom. The van der Waals surface area contributed by atoms with Crippen molar-refractivity contribution < 1.29 is 13.2 Å². The third-order valence-electron chi connectivity index (χ3n) is 5.44. The molecular formula is C22H24N4O3S2. The van der Waals surface area contributed by atoms with Gasteiger partial charge in [-0.25, -0.2) is 13.4 Å². The number of thiazole rings is 1. The molecule has 0 radical (unpaired) electrons. The van der Waals surface area contributed by atoms with E-state index in [1.807, 2.05) is 26.0 Å². The number of nitrogens with zero attached hydrogens (tertiary/aromatic N) is 2. The zero-order chi connectivity index (χ0) is 22.0. The number of hydrogen-bond acceptors (Lipinski definition) is 6. The molecule has 162 valence electrons. The monoisotopic (exact) mass is 456 g/mol. The number of amides is 1. The van der Waals surface area contributed by atoms with Crippen molar-refractivity contribution in [2.45, 2.75) is 44.4 Å². The Morgan fingerprint density at radius 2 is 1.94 bits per heavy atom. The quantitative estimate of drug-likeness (QED) is 0.557. The lowest BCUT2D eigenvalue weighted by molar-refractivity contribution is -0.119. The standard InChI is InChI=1S/C22H24N4O3S2/c1-14-9-10-17(12-19(14)26-31(28,29)18-8-5-11-23-13-18)20-15(2)24-22(30-20)25-21(27)16-6-3-4-7-16/h5,8-13,16,26H,3-4,6-7H2,1-2H3,(H,24,25,27). The Kier molecular flexibility index (Phi) is 6.06. The van der Waals surface area contributed by atoms with Crippen LogP contribution in [0.3, 0.4) is 0 Å². The number of aromatic nitrogens is 2. The number of rotatable bonds is 6. The molecule has 9 heteroatoms. The van der Waals surface area contributed by atoms with E-state index in [0.29, 0.717) is 10.8 Å². The highest BCUT2D eigenvalue weighted by atomic mass is 32.2. The van der Waals surface area contributed by atoms with Crippen LogP contribution in [0.4, 0.5) is 10.8 Å². The topological polar surface area (TPSA) is 101 Å². The van der Waals surface area contributed by atoms with E-state index in [-0.39, 0.29) is 16.7 Å². The molecule has 1 fully saturated rings. The van der Waals surface area contributed by atoms with Gasteiger partial charge in [-0.15, -0.1) is 0 Å². The molecule has 2 N–H and O–H groups in total. The molecule has 7 nitrogen and oxygen atoms in total. The molecule has 31 heavy (non-hydrogen) atoms. The lowest BCUT2D eigenvalue weighted by Gasteiger charge is -2.12. The zero-order valence-electron chi connectivity index (χ0n) is 17.4. The molecule has 1 aliphatic rings. The van der Waals surface area contributed by atoms with E-state index in [1.54, 1.807) is 12.1 Å². The minimum atomic E-state index is -3.75. The normalized spacial score (nSPS) is 14.5. The minimum absolute atomic E-state index is 0.0339. The van der Waals surface area contributed by atoms with E-state index in [2.05, 4.69) is 20.0 Å². The predicted octanol–water partition coefficient (Wildman–Crippen LogP) is 4.75. The van der Waals surface area contributed by atoms with Crippen molar-refractivity contribution in [2.75, 3.05) is 10.0 Å². The number of carbonyl (C=O) groups excluding carboxylic acids is 1. The smallest absolute Gasteiger partial charge is 0.263 e. The molecule has 0 saturated heterocycles. The van der Waals surface area contributed by atoms with Crippen molar-refractivity contribution in [3.63, 3.8) is 0 Å². The number of hydrogen-bond donors (Lipinski definition) is 2. The van der Waals surface area contributed by atoms with Gasteiger partial charge in [-0.2, -0.15) is 0 Å². The molecule has 0 aliphatic heterocycles.